The minimum Gasteiger partial charge on any atom is -0.368 e. The van der Waals surface area contributed by atoms with Gasteiger partial charge in [0.1, 0.15) is 5.82 Å². The van der Waals surface area contributed by atoms with Crippen LogP contribution in [0.15, 0.2) is 18.2 Å². The lowest BCUT2D eigenvalue weighted by atomic mass is 10.1. The predicted octanol–water partition coefficient (Wildman–Crippen LogP) is 2.00. The summed E-state index contributed by atoms with van der Waals surface area (Å²) in [5.41, 5.74) is 0.692. The molecule has 1 unspecified atom stereocenters. The van der Waals surface area contributed by atoms with Gasteiger partial charge >= 0.3 is 0 Å². The quantitative estimate of drug-likeness (QED) is 0.898. The van der Waals surface area contributed by atoms with Crippen molar-refractivity contribution in [3.8, 4) is 6.07 Å². The molecule has 1 aromatic rings. The van der Waals surface area contributed by atoms with E-state index in [9.17, 15) is 12.8 Å². The van der Waals surface area contributed by atoms with E-state index in [1.165, 1.54) is 6.07 Å². The van der Waals surface area contributed by atoms with Crippen LogP contribution in [0.5, 0.6) is 0 Å². The number of nitrogens with zero attached hydrogens (tertiary/aromatic N) is 2. The van der Waals surface area contributed by atoms with Gasteiger partial charge in [0.15, 0.2) is 0 Å². The molecule has 7 heteroatoms. The van der Waals surface area contributed by atoms with Crippen LogP contribution in [0.4, 0.5) is 10.1 Å². The van der Waals surface area contributed by atoms with Crippen molar-refractivity contribution in [3.05, 3.63) is 29.6 Å². The van der Waals surface area contributed by atoms with Gasteiger partial charge in [0, 0.05) is 19.1 Å². The Kier molecular flexibility index (Phi) is 5.37. The Morgan fingerprint density at radius 3 is 2.91 bits per heavy atom. The number of sulfonamides is 1. The summed E-state index contributed by atoms with van der Waals surface area (Å²) >= 11 is 0. The normalized spacial score (nSPS) is 19.0. The van der Waals surface area contributed by atoms with Crippen molar-refractivity contribution in [1.82, 2.24) is 4.72 Å². The average Bonchev–Trinajstić information content (AvgIpc) is 2.46. The molecule has 1 saturated heterocycles. The molecule has 120 valence electrons. The Bertz CT molecular complexity index is 670. The van der Waals surface area contributed by atoms with Crippen LogP contribution < -0.4 is 9.62 Å². The Labute approximate surface area is 130 Å². The van der Waals surface area contributed by atoms with Gasteiger partial charge in [0.25, 0.3) is 0 Å². The third-order valence-corrected chi connectivity index (χ3v) is 5.30. The molecule has 1 aliphatic heterocycles. The summed E-state index contributed by atoms with van der Waals surface area (Å²) in [7, 11) is -3.27. The SMILES string of the molecule is CCCS(=O)(=O)NC1CCCN(c2ccc(C#N)cc2F)C1. The maximum absolute atomic E-state index is 14.1. The minimum absolute atomic E-state index is 0.106. The molecule has 1 atom stereocenters. The minimum atomic E-state index is -3.27. The van der Waals surface area contributed by atoms with Crippen molar-refractivity contribution in [3.63, 3.8) is 0 Å². The van der Waals surface area contributed by atoms with E-state index in [0.717, 1.165) is 12.8 Å². The average molecular weight is 325 g/mol. The van der Waals surface area contributed by atoms with Crippen molar-refractivity contribution in [1.29, 1.82) is 5.26 Å². The molecular formula is C15H20FN3O2S. The van der Waals surface area contributed by atoms with E-state index < -0.39 is 15.8 Å². The van der Waals surface area contributed by atoms with Crippen LogP contribution in [0, 0.1) is 17.1 Å². The van der Waals surface area contributed by atoms with E-state index >= 15 is 0 Å². The maximum Gasteiger partial charge on any atom is 0.211 e. The zero-order valence-electron chi connectivity index (χ0n) is 12.5. The molecule has 0 spiro atoms. The largest absolute Gasteiger partial charge is 0.368 e. The lowest BCUT2D eigenvalue weighted by Gasteiger charge is -2.34. The van der Waals surface area contributed by atoms with E-state index in [-0.39, 0.29) is 17.4 Å². The fourth-order valence-electron chi connectivity index (χ4n) is 2.71. The molecule has 1 aromatic carbocycles. The number of rotatable bonds is 5. The van der Waals surface area contributed by atoms with Crippen molar-refractivity contribution < 1.29 is 12.8 Å². The number of nitrogens with one attached hydrogen (secondary N) is 1. The zero-order valence-corrected chi connectivity index (χ0v) is 13.4. The molecule has 5 nitrogen and oxygen atoms in total. The molecule has 1 heterocycles. The molecule has 0 aliphatic carbocycles. The molecule has 0 saturated carbocycles. The molecule has 0 radical (unpaired) electrons. The number of nitriles is 1. The summed E-state index contributed by atoms with van der Waals surface area (Å²) in [4.78, 5) is 1.83. The summed E-state index contributed by atoms with van der Waals surface area (Å²) in [5.74, 6) is -0.342. The van der Waals surface area contributed by atoms with Gasteiger partial charge in [0.05, 0.1) is 23.1 Å². The fraction of sp³-hybridized carbons (Fsp3) is 0.533. The molecule has 1 N–H and O–H groups in total. The first-order valence-corrected chi connectivity index (χ1v) is 9.05. The summed E-state index contributed by atoms with van der Waals surface area (Å²) in [6.45, 7) is 2.93. The number of hydrogen-bond acceptors (Lipinski definition) is 4. The first-order valence-electron chi connectivity index (χ1n) is 7.40. The fourth-order valence-corrected chi connectivity index (χ4v) is 4.06. The van der Waals surface area contributed by atoms with E-state index in [1.807, 2.05) is 17.9 Å². The third kappa shape index (κ3) is 4.18. The van der Waals surface area contributed by atoms with Crippen LogP contribution in [0.3, 0.4) is 0 Å². The molecule has 0 bridgehead atoms. The lowest BCUT2D eigenvalue weighted by Crippen LogP contribution is -2.48. The highest BCUT2D eigenvalue weighted by atomic mass is 32.2. The second-order valence-electron chi connectivity index (χ2n) is 5.50. The lowest BCUT2D eigenvalue weighted by molar-refractivity contribution is 0.461. The Morgan fingerprint density at radius 2 is 2.27 bits per heavy atom. The highest BCUT2D eigenvalue weighted by Gasteiger charge is 2.25. The summed E-state index contributed by atoms with van der Waals surface area (Å²) < 4.78 is 40.5. The van der Waals surface area contributed by atoms with Crippen LogP contribution in [-0.2, 0) is 10.0 Å². The molecule has 1 fully saturated rings. The van der Waals surface area contributed by atoms with Gasteiger partial charge in [-0.15, -0.1) is 0 Å². The number of benzene rings is 1. The highest BCUT2D eigenvalue weighted by molar-refractivity contribution is 7.89. The van der Waals surface area contributed by atoms with Crippen LogP contribution in [0.25, 0.3) is 0 Å². The summed E-state index contributed by atoms with van der Waals surface area (Å²) in [5, 5.41) is 8.78. The standard InChI is InChI=1S/C15H20FN3O2S/c1-2-8-22(20,21)18-13-4-3-7-19(11-13)15-6-5-12(10-17)9-14(15)16/h5-6,9,13,18H,2-4,7-8,11H2,1H3. The smallest absolute Gasteiger partial charge is 0.211 e. The number of halogens is 1. The van der Waals surface area contributed by atoms with Crippen molar-refractivity contribution >= 4 is 15.7 Å². The summed E-state index contributed by atoms with van der Waals surface area (Å²) in [6, 6.07) is 6.06. The Balaban J connectivity index is 2.09. The van der Waals surface area contributed by atoms with Crippen molar-refractivity contribution in [2.75, 3.05) is 23.7 Å². The third-order valence-electron chi connectivity index (χ3n) is 3.66. The molecular weight excluding hydrogens is 305 g/mol. The van der Waals surface area contributed by atoms with Crippen LogP contribution >= 0.6 is 0 Å². The van der Waals surface area contributed by atoms with E-state index in [1.54, 1.807) is 12.1 Å². The Hall–Kier alpha value is -1.65. The van der Waals surface area contributed by atoms with Crippen LogP contribution in [0.2, 0.25) is 0 Å². The topological polar surface area (TPSA) is 73.2 Å². The van der Waals surface area contributed by atoms with E-state index in [2.05, 4.69) is 4.72 Å². The molecule has 0 amide bonds. The van der Waals surface area contributed by atoms with Crippen molar-refractivity contribution in [2.24, 2.45) is 0 Å². The molecule has 1 aliphatic rings. The van der Waals surface area contributed by atoms with Gasteiger partial charge in [-0.05, 0) is 37.5 Å². The first kappa shape index (κ1) is 16.7. The number of anilines is 1. The summed E-state index contributed by atoms with van der Waals surface area (Å²) in [6.07, 6.45) is 2.10. The van der Waals surface area contributed by atoms with Crippen molar-refractivity contribution in [2.45, 2.75) is 32.2 Å². The van der Waals surface area contributed by atoms with E-state index in [4.69, 9.17) is 5.26 Å². The van der Waals surface area contributed by atoms with Gasteiger partial charge in [-0.1, -0.05) is 6.92 Å². The molecule has 22 heavy (non-hydrogen) atoms. The molecule has 0 aromatic heterocycles. The van der Waals surface area contributed by atoms with Gasteiger partial charge < -0.3 is 4.90 Å². The Morgan fingerprint density at radius 1 is 1.50 bits per heavy atom. The number of piperidine rings is 1. The monoisotopic (exact) mass is 325 g/mol. The second-order valence-corrected chi connectivity index (χ2v) is 7.37. The van der Waals surface area contributed by atoms with E-state index in [0.29, 0.717) is 25.2 Å². The van der Waals surface area contributed by atoms with Gasteiger partial charge in [-0.3, -0.25) is 0 Å². The number of hydrogen-bond donors (Lipinski definition) is 1. The zero-order chi connectivity index (χ0) is 16.2. The first-order chi connectivity index (χ1) is 10.4. The molecule has 2 rings (SSSR count). The van der Waals surface area contributed by atoms with Crippen LogP contribution in [0.1, 0.15) is 31.7 Å². The van der Waals surface area contributed by atoms with Gasteiger partial charge in [0.2, 0.25) is 10.0 Å². The maximum atomic E-state index is 14.1. The predicted molar refractivity (Wildman–Crippen MR) is 83.6 cm³/mol. The van der Waals surface area contributed by atoms with Gasteiger partial charge in [-0.2, -0.15) is 5.26 Å². The van der Waals surface area contributed by atoms with Gasteiger partial charge in [-0.25, -0.2) is 17.5 Å². The highest BCUT2D eigenvalue weighted by Crippen LogP contribution is 2.24. The second kappa shape index (κ2) is 7.07. The van der Waals surface area contributed by atoms with Crippen LogP contribution in [-0.4, -0.2) is 33.3 Å².